The van der Waals surface area contributed by atoms with Crippen LogP contribution in [0.5, 0.6) is 0 Å². The minimum atomic E-state index is -0.0509. The summed E-state index contributed by atoms with van der Waals surface area (Å²) in [5.74, 6) is -0.0509. The van der Waals surface area contributed by atoms with E-state index < -0.39 is 0 Å². The zero-order chi connectivity index (χ0) is 15.7. The van der Waals surface area contributed by atoms with Crippen LogP contribution in [-0.2, 0) is 11.2 Å². The maximum absolute atomic E-state index is 12.2. The van der Waals surface area contributed by atoms with Crippen molar-refractivity contribution in [1.82, 2.24) is 0 Å². The number of hydrogen-bond acceptors (Lipinski definition) is 2. The molecule has 2 aromatic carbocycles. The van der Waals surface area contributed by atoms with Gasteiger partial charge in [-0.2, -0.15) is 0 Å². The van der Waals surface area contributed by atoms with Crippen LogP contribution in [-0.4, -0.2) is 5.91 Å². The minimum absolute atomic E-state index is 0.0509. The van der Waals surface area contributed by atoms with Crippen LogP contribution in [0.25, 0.3) is 11.0 Å². The number of amides is 1. The van der Waals surface area contributed by atoms with Crippen molar-refractivity contribution in [1.29, 1.82) is 0 Å². The number of nitrogens with one attached hydrogen (secondary N) is 1. The van der Waals surface area contributed by atoms with E-state index in [1.54, 1.807) is 6.26 Å². The second-order valence-corrected chi connectivity index (χ2v) is 6.30. The van der Waals surface area contributed by atoms with Gasteiger partial charge in [0.2, 0.25) is 5.91 Å². The fourth-order valence-corrected chi connectivity index (χ4v) is 2.67. The summed E-state index contributed by atoms with van der Waals surface area (Å²) in [6.45, 7) is 4.01. The van der Waals surface area contributed by atoms with Gasteiger partial charge in [-0.1, -0.05) is 28.1 Å². The van der Waals surface area contributed by atoms with Crippen LogP contribution in [0.4, 0.5) is 5.69 Å². The first-order valence-corrected chi connectivity index (χ1v) is 7.85. The number of hydrogen-bond donors (Lipinski definition) is 1. The van der Waals surface area contributed by atoms with Gasteiger partial charge in [-0.05, 0) is 49.2 Å². The van der Waals surface area contributed by atoms with Crippen molar-refractivity contribution in [3.05, 3.63) is 63.8 Å². The van der Waals surface area contributed by atoms with Gasteiger partial charge in [-0.3, -0.25) is 4.79 Å². The van der Waals surface area contributed by atoms with Crippen molar-refractivity contribution in [2.45, 2.75) is 20.3 Å². The first-order chi connectivity index (χ1) is 10.5. The molecule has 22 heavy (non-hydrogen) atoms. The molecular formula is C18H16BrNO2. The smallest absolute Gasteiger partial charge is 0.228 e. The maximum atomic E-state index is 12.2. The largest absolute Gasteiger partial charge is 0.464 e. The van der Waals surface area contributed by atoms with Gasteiger partial charge < -0.3 is 9.73 Å². The molecule has 0 atom stereocenters. The molecule has 0 aliphatic heterocycles. The molecular weight excluding hydrogens is 342 g/mol. The van der Waals surface area contributed by atoms with Crippen LogP contribution in [0.2, 0.25) is 0 Å². The van der Waals surface area contributed by atoms with Crippen LogP contribution in [0.3, 0.4) is 0 Å². The van der Waals surface area contributed by atoms with Crippen LogP contribution in [0.15, 0.2) is 51.6 Å². The van der Waals surface area contributed by atoms with E-state index in [-0.39, 0.29) is 5.91 Å². The van der Waals surface area contributed by atoms with Crippen molar-refractivity contribution in [2.75, 3.05) is 5.32 Å². The molecule has 1 amide bonds. The van der Waals surface area contributed by atoms with Crippen LogP contribution in [0.1, 0.15) is 16.7 Å². The lowest BCUT2D eigenvalue weighted by atomic mass is 10.1. The number of rotatable bonds is 3. The van der Waals surface area contributed by atoms with E-state index in [0.29, 0.717) is 6.42 Å². The molecule has 0 unspecified atom stereocenters. The normalized spacial score (nSPS) is 10.9. The standard InChI is InChI=1S/C18H16BrNO2/c1-11-3-5-15-13(10-22-17(15)7-11)9-18(21)20-14-4-6-16(19)12(2)8-14/h3-8,10H,9H2,1-2H3,(H,20,21). The molecule has 0 bridgehead atoms. The average Bonchev–Trinajstić information content (AvgIpc) is 2.85. The highest BCUT2D eigenvalue weighted by Gasteiger charge is 2.11. The van der Waals surface area contributed by atoms with Gasteiger partial charge in [0, 0.05) is 21.1 Å². The van der Waals surface area contributed by atoms with Crippen molar-refractivity contribution in [2.24, 2.45) is 0 Å². The molecule has 4 heteroatoms. The van der Waals surface area contributed by atoms with E-state index in [9.17, 15) is 4.79 Å². The summed E-state index contributed by atoms with van der Waals surface area (Å²) >= 11 is 3.45. The highest BCUT2D eigenvalue weighted by Crippen LogP contribution is 2.24. The third kappa shape index (κ3) is 3.07. The molecule has 0 aliphatic carbocycles. The van der Waals surface area contributed by atoms with Gasteiger partial charge in [0.15, 0.2) is 0 Å². The molecule has 1 aromatic heterocycles. The Labute approximate surface area is 137 Å². The summed E-state index contributed by atoms with van der Waals surface area (Å²) < 4.78 is 6.56. The molecule has 1 heterocycles. The second kappa shape index (κ2) is 5.97. The molecule has 0 saturated carbocycles. The fraction of sp³-hybridized carbons (Fsp3) is 0.167. The third-order valence-corrected chi connectivity index (χ3v) is 4.49. The summed E-state index contributed by atoms with van der Waals surface area (Å²) in [6, 6.07) is 11.8. The number of anilines is 1. The van der Waals surface area contributed by atoms with Gasteiger partial charge in [0.25, 0.3) is 0 Å². The van der Waals surface area contributed by atoms with Gasteiger partial charge in [-0.15, -0.1) is 0 Å². The Balaban J connectivity index is 1.76. The van der Waals surface area contributed by atoms with Crippen LogP contribution in [0, 0.1) is 13.8 Å². The van der Waals surface area contributed by atoms with E-state index in [1.807, 2.05) is 50.2 Å². The lowest BCUT2D eigenvalue weighted by Crippen LogP contribution is -2.14. The van der Waals surface area contributed by atoms with E-state index >= 15 is 0 Å². The van der Waals surface area contributed by atoms with Crippen molar-refractivity contribution < 1.29 is 9.21 Å². The fourth-order valence-electron chi connectivity index (χ4n) is 2.43. The lowest BCUT2D eigenvalue weighted by molar-refractivity contribution is -0.115. The summed E-state index contributed by atoms with van der Waals surface area (Å²) in [4.78, 5) is 12.2. The minimum Gasteiger partial charge on any atom is -0.464 e. The monoisotopic (exact) mass is 357 g/mol. The molecule has 3 nitrogen and oxygen atoms in total. The Morgan fingerprint density at radius 2 is 2.00 bits per heavy atom. The van der Waals surface area contributed by atoms with Crippen LogP contribution >= 0.6 is 15.9 Å². The predicted molar refractivity (Wildman–Crippen MR) is 92.2 cm³/mol. The van der Waals surface area contributed by atoms with Crippen LogP contribution < -0.4 is 5.32 Å². The predicted octanol–water partition coefficient (Wildman–Crippen LogP) is 4.99. The van der Waals surface area contributed by atoms with E-state index in [1.165, 1.54) is 0 Å². The zero-order valence-electron chi connectivity index (χ0n) is 12.4. The number of carbonyl (C=O) groups excluding carboxylic acids is 1. The van der Waals surface area contributed by atoms with Crippen molar-refractivity contribution in [3.63, 3.8) is 0 Å². The quantitative estimate of drug-likeness (QED) is 0.716. The highest BCUT2D eigenvalue weighted by atomic mass is 79.9. The van der Waals surface area contributed by atoms with Gasteiger partial charge in [-0.25, -0.2) is 0 Å². The van der Waals surface area contributed by atoms with Gasteiger partial charge >= 0.3 is 0 Å². The molecule has 0 aliphatic rings. The molecule has 3 rings (SSSR count). The van der Waals surface area contributed by atoms with E-state index in [4.69, 9.17) is 4.42 Å². The Hall–Kier alpha value is -2.07. The summed E-state index contributed by atoms with van der Waals surface area (Å²) in [5.41, 5.74) is 4.75. The molecule has 0 fully saturated rings. The number of carbonyl (C=O) groups is 1. The molecule has 0 radical (unpaired) electrons. The molecule has 0 saturated heterocycles. The Bertz CT molecular complexity index is 851. The molecule has 0 spiro atoms. The van der Waals surface area contributed by atoms with Crippen molar-refractivity contribution in [3.8, 4) is 0 Å². The van der Waals surface area contributed by atoms with Gasteiger partial charge in [0.05, 0.1) is 12.7 Å². The maximum Gasteiger partial charge on any atom is 0.228 e. The summed E-state index contributed by atoms with van der Waals surface area (Å²) in [7, 11) is 0. The molecule has 3 aromatic rings. The van der Waals surface area contributed by atoms with E-state index in [0.717, 1.165) is 37.8 Å². The summed E-state index contributed by atoms with van der Waals surface area (Å²) in [6.07, 6.45) is 1.96. The first kappa shape index (κ1) is 14.9. The molecule has 112 valence electrons. The zero-order valence-corrected chi connectivity index (χ0v) is 14.0. The number of benzene rings is 2. The Morgan fingerprint density at radius 3 is 2.77 bits per heavy atom. The van der Waals surface area contributed by atoms with Gasteiger partial charge in [0.1, 0.15) is 5.58 Å². The Morgan fingerprint density at radius 1 is 1.18 bits per heavy atom. The van der Waals surface area contributed by atoms with Crippen molar-refractivity contribution >= 4 is 38.5 Å². The number of aryl methyl sites for hydroxylation is 2. The SMILES string of the molecule is Cc1ccc2c(CC(=O)Nc3ccc(Br)c(C)c3)coc2c1. The first-order valence-electron chi connectivity index (χ1n) is 7.05. The number of fused-ring (bicyclic) bond motifs is 1. The van der Waals surface area contributed by atoms with E-state index in [2.05, 4.69) is 21.2 Å². The Kier molecular flexibility index (Phi) is 4.03. The third-order valence-electron chi connectivity index (χ3n) is 3.60. The molecule has 1 N–H and O–H groups in total. The summed E-state index contributed by atoms with van der Waals surface area (Å²) in [5, 5.41) is 3.92. The average molecular weight is 358 g/mol. The second-order valence-electron chi connectivity index (χ2n) is 5.45. The lowest BCUT2D eigenvalue weighted by Gasteiger charge is -2.06. The topological polar surface area (TPSA) is 42.2 Å². The highest BCUT2D eigenvalue weighted by molar-refractivity contribution is 9.10. The number of halogens is 1. The number of furan rings is 1.